The Morgan fingerprint density at radius 1 is 1.10 bits per heavy atom. The first-order valence-corrected chi connectivity index (χ1v) is 7.73. The fraction of sp³-hybridized carbons (Fsp3) is 0.625. The summed E-state index contributed by atoms with van der Waals surface area (Å²) in [5.41, 5.74) is -0.104. The number of unbranched alkanes of at least 4 members (excludes halogenated alkanes) is 2. The molecule has 0 aromatic heterocycles. The van der Waals surface area contributed by atoms with Crippen LogP contribution in [-0.2, 0) is 0 Å². The van der Waals surface area contributed by atoms with Gasteiger partial charge in [0.2, 0.25) is 0 Å². The number of rotatable bonds is 6. The number of nitrogens with one attached hydrogen (secondary N) is 1. The third-order valence-corrected chi connectivity index (χ3v) is 4.09. The SMILES string of the molecule is CCCCC[C@H](c1c(F)ccc(F)c1F)N1CCNCC1. The zero-order valence-corrected chi connectivity index (χ0v) is 12.5. The molecule has 21 heavy (non-hydrogen) atoms. The number of nitrogens with zero attached hydrogens (tertiary/aromatic N) is 1. The Morgan fingerprint density at radius 3 is 2.43 bits per heavy atom. The second-order valence-corrected chi connectivity index (χ2v) is 5.55. The normalized spacial score (nSPS) is 17.9. The first kappa shape index (κ1) is 16.3. The third-order valence-electron chi connectivity index (χ3n) is 4.09. The van der Waals surface area contributed by atoms with Crippen LogP contribution in [0.5, 0.6) is 0 Å². The fourth-order valence-electron chi connectivity index (χ4n) is 2.94. The quantitative estimate of drug-likeness (QED) is 0.637. The maximum atomic E-state index is 14.1. The van der Waals surface area contributed by atoms with E-state index in [-0.39, 0.29) is 11.6 Å². The van der Waals surface area contributed by atoms with Crippen LogP contribution >= 0.6 is 0 Å². The summed E-state index contributed by atoms with van der Waals surface area (Å²) >= 11 is 0. The van der Waals surface area contributed by atoms with Gasteiger partial charge in [0.15, 0.2) is 11.6 Å². The van der Waals surface area contributed by atoms with Gasteiger partial charge in [-0.3, -0.25) is 4.90 Å². The summed E-state index contributed by atoms with van der Waals surface area (Å²) in [6, 6.07) is 1.51. The van der Waals surface area contributed by atoms with Gasteiger partial charge in [-0.25, -0.2) is 13.2 Å². The van der Waals surface area contributed by atoms with E-state index in [1.54, 1.807) is 0 Å². The Morgan fingerprint density at radius 2 is 1.76 bits per heavy atom. The van der Waals surface area contributed by atoms with Crippen molar-refractivity contribution in [2.75, 3.05) is 26.2 Å². The first-order chi connectivity index (χ1) is 10.1. The van der Waals surface area contributed by atoms with Crippen molar-refractivity contribution in [3.63, 3.8) is 0 Å². The van der Waals surface area contributed by atoms with Crippen molar-refractivity contribution in [3.05, 3.63) is 35.1 Å². The van der Waals surface area contributed by atoms with Crippen LogP contribution in [0.3, 0.4) is 0 Å². The highest BCUT2D eigenvalue weighted by Gasteiger charge is 2.28. The van der Waals surface area contributed by atoms with Crippen LogP contribution in [0.15, 0.2) is 12.1 Å². The minimum Gasteiger partial charge on any atom is -0.314 e. The zero-order chi connectivity index (χ0) is 15.2. The summed E-state index contributed by atoms with van der Waals surface area (Å²) in [7, 11) is 0. The molecule has 0 spiro atoms. The van der Waals surface area contributed by atoms with E-state index in [0.29, 0.717) is 6.42 Å². The van der Waals surface area contributed by atoms with Gasteiger partial charge < -0.3 is 5.32 Å². The molecular formula is C16H23F3N2. The van der Waals surface area contributed by atoms with Crippen molar-refractivity contribution in [2.45, 2.75) is 38.6 Å². The maximum Gasteiger partial charge on any atom is 0.166 e. The van der Waals surface area contributed by atoms with Crippen LogP contribution in [0.25, 0.3) is 0 Å². The van der Waals surface area contributed by atoms with Gasteiger partial charge >= 0.3 is 0 Å². The minimum atomic E-state index is -1.03. The molecule has 1 aromatic rings. The van der Waals surface area contributed by atoms with E-state index in [1.165, 1.54) is 0 Å². The molecule has 0 unspecified atom stereocenters. The Kier molecular flexibility index (Phi) is 6.06. The second-order valence-electron chi connectivity index (χ2n) is 5.55. The van der Waals surface area contributed by atoms with E-state index in [1.807, 2.05) is 0 Å². The Hall–Kier alpha value is -1.07. The van der Waals surface area contributed by atoms with E-state index in [2.05, 4.69) is 17.1 Å². The van der Waals surface area contributed by atoms with Gasteiger partial charge in [0.25, 0.3) is 0 Å². The van der Waals surface area contributed by atoms with Gasteiger partial charge in [-0.1, -0.05) is 26.2 Å². The van der Waals surface area contributed by atoms with E-state index in [4.69, 9.17) is 0 Å². The second kappa shape index (κ2) is 7.80. The molecule has 1 saturated heterocycles. The molecule has 0 aliphatic carbocycles. The van der Waals surface area contributed by atoms with Gasteiger partial charge in [0.05, 0.1) is 0 Å². The summed E-state index contributed by atoms with van der Waals surface area (Å²) in [5.74, 6) is -2.65. The zero-order valence-electron chi connectivity index (χ0n) is 12.5. The van der Waals surface area contributed by atoms with E-state index in [0.717, 1.165) is 57.6 Å². The molecule has 5 heteroatoms. The van der Waals surface area contributed by atoms with Crippen molar-refractivity contribution in [1.82, 2.24) is 10.2 Å². The van der Waals surface area contributed by atoms with Crippen LogP contribution in [0.2, 0.25) is 0 Å². The summed E-state index contributed by atoms with van der Waals surface area (Å²) in [6.07, 6.45) is 3.61. The molecule has 1 aliphatic heterocycles. The molecule has 118 valence electrons. The van der Waals surface area contributed by atoms with Gasteiger partial charge in [0, 0.05) is 37.8 Å². The summed E-state index contributed by atoms with van der Waals surface area (Å²) in [5, 5.41) is 3.23. The van der Waals surface area contributed by atoms with Gasteiger partial charge in [0.1, 0.15) is 5.82 Å². The topological polar surface area (TPSA) is 15.3 Å². The molecule has 2 rings (SSSR count). The van der Waals surface area contributed by atoms with E-state index < -0.39 is 17.5 Å². The number of hydrogen-bond acceptors (Lipinski definition) is 2. The molecule has 1 fully saturated rings. The standard InChI is InChI=1S/C16H23F3N2/c1-2-3-4-5-14(21-10-8-20-9-11-21)15-12(17)6-7-13(18)16(15)19/h6-7,14,20H,2-5,8-11H2,1H3/t14-/m1/s1. The Labute approximate surface area is 124 Å². The Balaban J connectivity index is 2.27. The highest BCUT2D eigenvalue weighted by atomic mass is 19.2. The maximum absolute atomic E-state index is 14.1. The largest absolute Gasteiger partial charge is 0.314 e. The van der Waals surface area contributed by atoms with Gasteiger partial charge in [-0.05, 0) is 18.6 Å². The molecule has 1 N–H and O–H groups in total. The molecule has 1 heterocycles. The van der Waals surface area contributed by atoms with Crippen molar-refractivity contribution in [2.24, 2.45) is 0 Å². The van der Waals surface area contributed by atoms with E-state index >= 15 is 0 Å². The van der Waals surface area contributed by atoms with Crippen LogP contribution in [-0.4, -0.2) is 31.1 Å². The van der Waals surface area contributed by atoms with Crippen LogP contribution in [0, 0.1) is 17.5 Å². The predicted octanol–water partition coefficient (Wildman–Crippen LogP) is 3.63. The Bertz CT molecular complexity index is 459. The van der Waals surface area contributed by atoms with Crippen LogP contribution < -0.4 is 5.32 Å². The number of piperazine rings is 1. The highest BCUT2D eigenvalue weighted by Crippen LogP contribution is 2.32. The van der Waals surface area contributed by atoms with E-state index in [9.17, 15) is 13.2 Å². The number of hydrogen-bond donors (Lipinski definition) is 1. The predicted molar refractivity (Wildman–Crippen MR) is 77.6 cm³/mol. The van der Waals surface area contributed by atoms with Crippen molar-refractivity contribution in [3.8, 4) is 0 Å². The molecule has 1 atom stereocenters. The first-order valence-electron chi connectivity index (χ1n) is 7.73. The van der Waals surface area contributed by atoms with Crippen molar-refractivity contribution >= 4 is 0 Å². The summed E-state index contributed by atoms with van der Waals surface area (Å²) in [6.45, 7) is 5.13. The average molecular weight is 300 g/mol. The number of halogens is 3. The van der Waals surface area contributed by atoms with Crippen LogP contribution in [0.4, 0.5) is 13.2 Å². The molecule has 1 aliphatic rings. The van der Waals surface area contributed by atoms with Gasteiger partial charge in [-0.15, -0.1) is 0 Å². The lowest BCUT2D eigenvalue weighted by Gasteiger charge is -2.35. The monoisotopic (exact) mass is 300 g/mol. The lowest BCUT2D eigenvalue weighted by Crippen LogP contribution is -2.45. The molecule has 1 aromatic carbocycles. The molecule has 0 saturated carbocycles. The highest BCUT2D eigenvalue weighted by molar-refractivity contribution is 5.25. The molecule has 0 bridgehead atoms. The fourth-order valence-corrected chi connectivity index (χ4v) is 2.94. The lowest BCUT2D eigenvalue weighted by atomic mass is 9.97. The van der Waals surface area contributed by atoms with Crippen molar-refractivity contribution < 1.29 is 13.2 Å². The lowest BCUT2D eigenvalue weighted by molar-refractivity contribution is 0.155. The number of benzene rings is 1. The van der Waals surface area contributed by atoms with Crippen molar-refractivity contribution in [1.29, 1.82) is 0 Å². The van der Waals surface area contributed by atoms with Gasteiger partial charge in [-0.2, -0.15) is 0 Å². The smallest absolute Gasteiger partial charge is 0.166 e. The molecular weight excluding hydrogens is 277 g/mol. The van der Waals surface area contributed by atoms with Crippen LogP contribution in [0.1, 0.15) is 44.2 Å². The third kappa shape index (κ3) is 3.98. The summed E-state index contributed by atoms with van der Waals surface area (Å²) in [4.78, 5) is 2.06. The summed E-state index contributed by atoms with van der Waals surface area (Å²) < 4.78 is 41.7. The molecule has 0 radical (unpaired) electrons. The molecule has 0 amide bonds. The molecule has 2 nitrogen and oxygen atoms in total. The average Bonchev–Trinajstić information content (AvgIpc) is 2.51. The minimum absolute atomic E-state index is 0.104.